The molecule has 1 N–H and O–H groups in total. The van der Waals surface area contributed by atoms with Gasteiger partial charge in [-0.2, -0.15) is 0 Å². The molecule has 2 heterocycles. The molecule has 28 heavy (non-hydrogen) atoms. The molecular weight excluding hydrogens is 358 g/mol. The summed E-state index contributed by atoms with van der Waals surface area (Å²) in [5.74, 6) is 2.12. The average Bonchev–Trinajstić information content (AvgIpc) is 3.30. The van der Waals surface area contributed by atoms with Crippen LogP contribution in [0.5, 0.6) is 23.0 Å². The molecule has 2 aromatic carbocycles. The average molecular weight is 379 g/mol. The van der Waals surface area contributed by atoms with E-state index < -0.39 is 5.79 Å². The van der Waals surface area contributed by atoms with E-state index in [9.17, 15) is 4.79 Å². The van der Waals surface area contributed by atoms with Crippen molar-refractivity contribution in [3.63, 3.8) is 0 Å². The fraction of sp³-hybridized carbons (Fsp3) is 0.318. The van der Waals surface area contributed by atoms with Crippen molar-refractivity contribution in [3.05, 3.63) is 48.0 Å². The molecule has 2 aromatic rings. The second-order valence-electron chi connectivity index (χ2n) is 7.27. The molecule has 2 aliphatic heterocycles. The van der Waals surface area contributed by atoms with E-state index in [0.717, 1.165) is 42.7 Å². The highest BCUT2D eigenvalue weighted by molar-refractivity contribution is 6.02. The number of carbonyl (C=O) groups is 1. The lowest BCUT2D eigenvalue weighted by Crippen LogP contribution is -2.40. The number of anilines is 1. The molecule has 0 unspecified atom stereocenters. The van der Waals surface area contributed by atoms with E-state index in [4.69, 9.17) is 18.9 Å². The van der Waals surface area contributed by atoms with Crippen LogP contribution in [0, 0.1) is 0 Å². The first-order valence-corrected chi connectivity index (χ1v) is 9.60. The molecule has 3 aliphatic rings. The number of carbonyl (C=O) groups excluding carboxylic acids is 1. The van der Waals surface area contributed by atoms with Gasteiger partial charge in [-0.05, 0) is 48.7 Å². The highest BCUT2D eigenvalue weighted by atomic mass is 16.7. The molecule has 1 saturated carbocycles. The Kier molecular flexibility index (Phi) is 4.11. The normalized spacial score (nSPS) is 18.6. The van der Waals surface area contributed by atoms with Crippen LogP contribution in [-0.2, 0) is 4.79 Å². The van der Waals surface area contributed by atoms with Gasteiger partial charge in [0, 0.05) is 30.7 Å². The number of hydrogen-bond donors (Lipinski definition) is 1. The topological polar surface area (TPSA) is 66.0 Å². The Labute approximate surface area is 163 Å². The summed E-state index contributed by atoms with van der Waals surface area (Å²) >= 11 is 0. The molecular formula is C22H21NO5. The molecule has 1 spiro atoms. The lowest BCUT2D eigenvalue weighted by molar-refractivity contribution is -0.111. The third kappa shape index (κ3) is 3.26. The van der Waals surface area contributed by atoms with Crippen molar-refractivity contribution >= 4 is 17.7 Å². The minimum atomic E-state index is -0.511. The second kappa shape index (κ2) is 6.78. The number of amides is 1. The van der Waals surface area contributed by atoms with Gasteiger partial charge in [0.2, 0.25) is 12.7 Å². The van der Waals surface area contributed by atoms with E-state index >= 15 is 0 Å². The summed E-state index contributed by atoms with van der Waals surface area (Å²) in [6.45, 7) is 0.231. The number of rotatable bonds is 3. The standard InChI is InChI=1S/C22H21NO5/c24-21(9-5-15-4-7-17-19(12-15)26-14-25-17)23-16-6-8-18-20(13-16)28-22(27-18)10-2-1-3-11-22/h4-9,12-13H,1-3,10-11,14H2,(H,23,24)/b9-5+. The molecule has 1 fully saturated rings. The molecule has 0 atom stereocenters. The molecule has 6 heteroatoms. The largest absolute Gasteiger partial charge is 0.454 e. The molecule has 0 bridgehead atoms. The number of hydrogen-bond acceptors (Lipinski definition) is 5. The Morgan fingerprint density at radius 2 is 1.68 bits per heavy atom. The minimum absolute atomic E-state index is 0.219. The van der Waals surface area contributed by atoms with E-state index in [-0.39, 0.29) is 12.7 Å². The van der Waals surface area contributed by atoms with Crippen LogP contribution in [-0.4, -0.2) is 18.5 Å². The van der Waals surface area contributed by atoms with Crippen LogP contribution in [0.1, 0.15) is 37.7 Å². The van der Waals surface area contributed by atoms with E-state index in [1.54, 1.807) is 6.08 Å². The predicted octanol–water partition coefficient (Wildman–Crippen LogP) is 4.50. The Morgan fingerprint density at radius 3 is 2.57 bits per heavy atom. The van der Waals surface area contributed by atoms with Gasteiger partial charge < -0.3 is 24.3 Å². The summed E-state index contributed by atoms with van der Waals surface area (Å²) < 4.78 is 22.8. The van der Waals surface area contributed by atoms with Gasteiger partial charge in [-0.3, -0.25) is 4.79 Å². The van der Waals surface area contributed by atoms with Gasteiger partial charge in [0.05, 0.1) is 0 Å². The second-order valence-corrected chi connectivity index (χ2v) is 7.27. The minimum Gasteiger partial charge on any atom is -0.454 e. The molecule has 0 radical (unpaired) electrons. The third-order valence-electron chi connectivity index (χ3n) is 5.24. The first kappa shape index (κ1) is 17.0. The summed E-state index contributed by atoms with van der Waals surface area (Å²) in [7, 11) is 0. The van der Waals surface area contributed by atoms with Gasteiger partial charge in [0.1, 0.15) is 0 Å². The van der Waals surface area contributed by atoms with Crippen LogP contribution in [0.3, 0.4) is 0 Å². The SMILES string of the molecule is O=C(/C=C/c1ccc2c(c1)OCO2)Nc1ccc2c(c1)OC1(CCCCC1)O2. The van der Waals surface area contributed by atoms with E-state index in [1.165, 1.54) is 12.5 Å². The van der Waals surface area contributed by atoms with Crippen LogP contribution in [0.4, 0.5) is 5.69 Å². The van der Waals surface area contributed by atoms with Crippen LogP contribution in [0.15, 0.2) is 42.5 Å². The maximum absolute atomic E-state index is 12.3. The Bertz CT molecular complexity index is 946. The first-order chi connectivity index (χ1) is 13.7. The third-order valence-corrected chi connectivity index (χ3v) is 5.24. The smallest absolute Gasteiger partial charge is 0.251 e. The van der Waals surface area contributed by atoms with Crippen LogP contribution in [0.25, 0.3) is 6.08 Å². The van der Waals surface area contributed by atoms with E-state index in [2.05, 4.69) is 5.32 Å². The first-order valence-electron chi connectivity index (χ1n) is 9.60. The van der Waals surface area contributed by atoms with Crippen LogP contribution >= 0.6 is 0 Å². The zero-order chi connectivity index (χ0) is 19.0. The summed E-state index contributed by atoms with van der Waals surface area (Å²) in [5, 5.41) is 2.87. The van der Waals surface area contributed by atoms with E-state index in [1.807, 2.05) is 36.4 Å². The zero-order valence-electron chi connectivity index (χ0n) is 15.4. The fourth-order valence-electron chi connectivity index (χ4n) is 3.84. The Hall–Kier alpha value is -3.15. The van der Waals surface area contributed by atoms with Crippen molar-refractivity contribution in [2.75, 3.05) is 12.1 Å². The summed E-state index contributed by atoms with van der Waals surface area (Å²) in [5.41, 5.74) is 1.54. The maximum atomic E-state index is 12.3. The molecule has 0 aromatic heterocycles. The predicted molar refractivity (Wildman–Crippen MR) is 104 cm³/mol. The van der Waals surface area contributed by atoms with Gasteiger partial charge in [-0.1, -0.05) is 12.5 Å². The lowest BCUT2D eigenvalue weighted by atomic mass is 9.94. The molecule has 1 amide bonds. The van der Waals surface area contributed by atoms with Gasteiger partial charge in [-0.25, -0.2) is 0 Å². The van der Waals surface area contributed by atoms with Crippen LogP contribution < -0.4 is 24.3 Å². The number of nitrogens with one attached hydrogen (secondary N) is 1. The Morgan fingerprint density at radius 1 is 0.893 bits per heavy atom. The molecule has 1 aliphatic carbocycles. The van der Waals surface area contributed by atoms with Gasteiger partial charge in [0.15, 0.2) is 23.0 Å². The zero-order valence-corrected chi connectivity index (χ0v) is 15.4. The van der Waals surface area contributed by atoms with Crippen LogP contribution in [0.2, 0.25) is 0 Å². The van der Waals surface area contributed by atoms with Crippen molar-refractivity contribution < 1.29 is 23.7 Å². The lowest BCUT2D eigenvalue weighted by Gasteiger charge is -2.31. The van der Waals surface area contributed by atoms with Crippen molar-refractivity contribution in [1.29, 1.82) is 0 Å². The van der Waals surface area contributed by atoms with Crippen molar-refractivity contribution in [1.82, 2.24) is 0 Å². The molecule has 5 rings (SSSR count). The van der Waals surface area contributed by atoms with Gasteiger partial charge in [-0.15, -0.1) is 0 Å². The van der Waals surface area contributed by atoms with E-state index in [0.29, 0.717) is 17.2 Å². The number of fused-ring (bicyclic) bond motifs is 2. The van der Waals surface area contributed by atoms with Crippen molar-refractivity contribution in [2.45, 2.75) is 37.9 Å². The quantitative estimate of drug-likeness (QED) is 0.796. The highest BCUT2D eigenvalue weighted by Crippen LogP contribution is 2.46. The van der Waals surface area contributed by atoms with Gasteiger partial charge in [0.25, 0.3) is 5.79 Å². The summed E-state index contributed by atoms with van der Waals surface area (Å²) in [4.78, 5) is 12.3. The fourth-order valence-corrected chi connectivity index (χ4v) is 3.84. The molecule has 0 saturated heterocycles. The molecule has 6 nitrogen and oxygen atoms in total. The number of ether oxygens (including phenoxy) is 4. The van der Waals surface area contributed by atoms with Gasteiger partial charge >= 0.3 is 0 Å². The summed E-state index contributed by atoms with van der Waals surface area (Å²) in [6, 6.07) is 11.1. The maximum Gasteiger partial charge on any atom is 0.251 e. The van der Waals surface area contributed by atoms with Crippen molar-refractivity contribution in [3.8, 4) is 23.0 Å². The Balaban J connectivity index is 1.24. The summed E-state index contributed by atoms with van der Waals surface area (Å²) in [6.07, 6.45) is 8.49. The van der Waals surface area contributed by atoms with Crippen molar-refractivity contribution in [2.24, 2.45) is 0 Å². The number of benzene rings is 2. The highest BCUT2D eigenvalue weighted by Gasteiger charge is 2.42. The molecule has 144 valence electrons. The monoisotopic (exact) mass is 379 g/mol.